The van der Waals surface area contributed by atoms with Crippen molar-refractivity contribution in [3.05, 3.63) is 11.8 Å². The van der Waals surface area contributed by atoms with Crippen molar-refractivity contribution in [3.8, 4) is 0 Å². The first-order valence-electron chi connectivity index (χ1n) is 2.77. The average Bonchev–Trinajstić information content (AvgIpc) is 1.88. The Bertz CT molecular complexity index is 161. The molecule has 0 aliphatic carbocycles. The van der Waals surface area contributed by atoms with Gasteiger partial charge in [0.1, 0.15) is 5.71 Å². The van der Waals surface area contributed by atoms with E-state index in [-0.39, 0.29) is 5.71 Å². The molecule has 0 heterocycles. The highest BCUT2D eigenvalue weighted by atomic mass is 19.3. The Hall–Kier alpha value is -0.930. The lowest BCUT2D eigenvalue weighted by Gasteiger charge is -2.01. The summed E-state index contributed by atoms with van der Waals surface area (Å²) in [5.41, 5.74) is 5.08. The van der Waals surface area contributed by atoms with Crippen molar-refractivity contribution >= 4 is 5.71 Å². The monoisotopic (exact) mass is 148 g/mol. The molecule has 2 nitrogen and oxygen atoms in total. The maximum absolute atomic E-state index is 11.9. The summed E-state index contributed by atoms with van der Waals surface area (Å²) in [4.78, 5) is 3.38. The van der Waals surface area contributed by atoms with E-state index in [4.69, 9.17) is 5.73 Å². The van der Waals surface area contributed by atoms with Crippen LogP contribution in [0.25, 0.3) is 0 Å². The molecule has 0 aromatic heterocycles. The number of allylic oxidation sites excluding steroid dienone is 1. The van der Waals surface area contributed by atoms with E-state index in [0.29, 0.717) is 5.57 Å². The van der Waals surface area contributed by atoms with Crippen LogP contribution in [0.5, 0.6) is 0 Å². The average molecular weight is 148 g/mol. The molecule has 0 rings (SSSR count). The molecule has 0 aromatic carbocycles. The molecule has 4 heteroatoms. The Morgan fingerprint density at radius 1 is 1.60 bits per heavy atom. The third kappa shape index (κ3) is 2.13. The number of nitrogens with two attached hydrogens (primary N) is 1. The first-order chi connectivity index (χ1) is 4.63. The summed E-state index contributed by atoms with van der Waals surface area (Å²) in [6, 6.07) is 0. The third-order valence-corrected chi connectivity index (χ3v) is 1.10. The predicted molar refractivity (Wildman–Crippen MR) is 37.3 cm³/mol. The summed E-state index contributed by atoms with van der Waals surface area (Å²) in [5.74, 6) is 0. The minimum absolute atomic E-state index is 0.248. The Labute approximate surface area is 58.4 Å². The van der Waals surface area contributed by atoms with Gasteiger partial charge >= 0.3 is 0 Å². The molecule has 0 amide bonds. The van der Waals surface area contributed by atoms with Gasteiger partial charge in [0.05, 0.1) is 0 Å². The highest BCUT2D eigenvalue weighted by Gasteiger charge is 2.12. The number of hydrogen-bond acceptors (Lipinski definition) is 2. The topological polar surface area (TPSA) is 38.4 Å². The molecule has 2 N–H and O–H groups in total. The van der Waals surface area contributed by atoms with Gasteiger partial charge in [-0.15, -0.1) is 0 Å². The van der Waals surface area contributed by atoms with Crippen LogP contribution in [-0.4, -0.2) is 19.2 Å². The molecule has 0 atom stereocenters. The summed E-state index contributed by atoms with van der Waals surface area (Å²) in [6.07, 6.45) is -1.42. The molecule has 0 bridgehead atoms. The van der Waals surface area contributed by atoms with Crippen molar-refractivity contribution in [2.45, 2.75) is 13.3 Å². The van der Waals surface area contributed by atoms with Crippen molar-refractivity contribution in [3.63, 3.8) is 0 Å². The van der Waals surface area contributed by atoms with Crippen LogP contribution in [0.3, 0.4) is 0 Å². The van der Waals surface area contributed by atoms with E-state index in [1.807, 2.05) is 0 Å². The molecular formula is C6H10F2N2. The van der Waals surface area contributed by atoms with Gasteiger partial charge in [-0.05, 0) is 18.7 Å². The van der Waals surface area contributed by atoms with E-state index in [0.717, 1.165) is 6.20 Å². The zero-order valence-corrected chi connectivity index (χ0v) is 5.94. The maximum atomic E-state index is 11.9. The predicted octanol–water partition coefficient (Wildman–Crippen LogP) is 1.18. The van der Waals surface area contributed by atoms with Gasteiger partial charge in [-0.1, -0.05) is 0 Å². The molecule has 0 aliphatic heterocycles. The fraction of sp³-hybridized carbons (Fsp3) is 0.500. The first-order valence-corrected chi connectivity index (χ1v) is 2.77. The number of rotatable bonds is 2. The van der Waals surface area contributed by atoms with Gasteiger partial charge < -0.3 is 5.73 Å². The van der Waals surface area contributed by atoms with E-state index >= 15 is 0 Å². The lowest BCUT2D eigenvalue weighted by Crippen LogP contribution is -2.12. The summed E-state index contributed by atoms with van der Waals surface area (Å²) in [6.45, 7) is 1.49. The quantitative estimate of drug-likeness (QED) is 0.587. The largest absolute Gasteiger partial charge is 0.404 e. The lowest BCUT2D eigenvalue weighted by atomic mass is 10.2. The van der Waals surface area contributed by atoms with Crippen LogP contribution in [0.1, 0.15) is 6.92 Å². The van der Waals surface area contributed by atoms with Gasteiger partial charge in [-0.3, -0.25) is 4.99 Å². The summed E-state index contributed by atoms with van der Waals surface area (Å²) >= 11 is 0. The number of aliphatic imine (C=N–C) groups is 1. The van der Waals surface area contributed by atoms with Crippen molar-refractivity contribution in [1.29, 1.82) is 0 Å². The van der Waals surface area contributed by atoms with E-state index in [1.165, 1.54) is 14.0 Å². The molecule has 0 aromatic rings. The van der Waals surface area contributed by atoms with E-state index in [1.54, 1.807) is 0 Å². The second kappa shape index (κ2) is 3.98. The highest BCUT2D eigenvalue weighted by molar-refractivity contribution is 6.01. The number of hydrogen-bond donors (Lipinski definition) is 1. The van der Waals surface area contributed by atoms with Gasteiger partial charge in [0, 0.05) is 7.05 Å². The van der Waals surface area contributed by atoms with Crippen molar-refractivity contribution < 1.29 is 8.78 Å². The molecule has 0 unspecified atom stereocenters. The normalized spacial score (nSPS) is 14.5. The van der Waals surface area contributed by atoms with Gasteiger partial charge in [0.15, 0.2) is 0 Å². The zero-order chi connectivity index (χ0) is 8.15. The van der Waals surface area contributed by atoms with Crippen LogP contribution in [-0.2, 0) is 0 Å². The summed E-state index contributed by atoms with van der Waals surface area (Å²) in [5, 5.41) is 0. The number of halogens is 2. The fourth-order valence-corrected chi connectivity index (χ4v) is 0.531. The maximum Gasteiger partial charge on any atom is 0.280 e. The molecule has 0 aliphatic rings. The number of nitrogens with zero attached hydrogens (tertiary/aromatic N) is 1. The van der Waals surface area contributed by atoms with Gasteiger partial charge in [0.25, 0.3) is 6.43 Å². The third-order valence-electron chi connectivity index (χ3n) is 1.10. The van der Waals surface area contributed by atoms with Crippen molar-refractivity contribution in [1.82, 2.24) is 0 Å². The van der Waals surface area contributed by atoms with Gasteiger partial charge in [0.2, 0.25) is 0 Å². The van der Waals surface area contributed by atoms with Gasteiger partial charge in [-0.2, -0.15) is 0 Å². The molecule has 58 valence electrons. The van der Waals surface area contributed by atoms with Crippen LogP contribution in [0.4, 0.5) is 8.78 Å². The molecular weight excluding hydrogens is 138 g/mol. The van der Waals surface area contributed by atoms with Crippen LogP contribution < -0.4 is 5.73 Å². The molecule has 10 heavy (non-hydrogen) atoms. The van der Waals surface area contributed by atoms with E-state index in [2.05, 4.69) is 4.99 Å². The van der Waals surface area contributed by atoms with Crippen LogP contribution >= 0.6 is 0 Å². The van der Waals surface area contributed by atoms with Crippen LogP contribution in [0.15, 0.2) is 16.8 Å². The Morgan fingerprint density at radius 2 is 2.10 bits per heavy atom. The minimum atomic E-state index is -2.54. The molecule has 0 spiro atoms. The first kappa shape index (κ1) is 9.07. The van der Waals surface area contributed by atoms with Crippen LogP contribution in [0.2, 0.25) is 0 Å². The second-order valence-corrected chi connectivity index (χ2v) is 1.76. The smallest absolute Gasteiger partial charge is 0.280 e. The van der Waals surface area contributed by atoms with E-state index in [9.17, 15) is 8.78 Å². The molecule has 0 saturated heterocycles. The SMILES string of the molecule is CN=C(C(C)=CN)C(F)F. The molecule has 0 radical (unpaired) electrons. The van der Waals surface area contributed by atoms with Crippen molar-refractivity contribution in [2.24, 2.45) is 10.7 Å². The van der Waals surface area contributed by atoms with Crippen LogP contribution in [0, 0.1) is 0 Å². The fourth-order valence-electron chi connectivity index (χ4n) is 0.531. The molecule has 0 fully saturated rings. The van der Waals surface area contributed by atoms with Gasteiger partial charge in [-0.25, -0.2) is 8.78 Å². The minimum Gasteiger partial charge on any atom is -0.404 e. The highest BCUT2D eigenvalue weighted by Crippen LogP contribution is 2.04. The van der Waals surface area contributed by atoms with Crippen molar-refractivity contribution in [2.75, 3.05) is 7.05 Å². The Morgan fingerprint density at radius 3 is 2.20 bits per heavy atom. The van der Waals surface area contributed by atoms with E-state index < -0.39 is 6.43 Å². The lowest BCUT2D eigenvalue weighted by molar-refractivity contribution is 0.226. The summed E-state index contributed by atoms with van der Waals surface area (Å²) in [7, 11) is 1.31. The Balaban J connectivity index is 4.39. The number of alkyl halides is 2. The standard InChI is InChI=1S/C6H10F2N2/c1-4(3-9)5(10-2)6(7)8/h3,6H,9H2,1-2H3. The second-order valence-electron chi connectivity index (χ2n) is 1.76. The zero-order valence-electron chi connectivity index (χ0n) is 5.94. The Kier molecular flexibility index (Phi) is 3.61. The molecule has 0 saturated carbocycles. The summed E-state index contributed by atoms with van der Waals surface area (Å²) < 4.78 is 23.8.